The lowest BCUT2D eigenvalue weighted by Crippen LogP contribution is -2.35. The molecule has 0 aliphatic carbocycles. The maximum atomic E-state index is 10.3. The Morgan fingerprint density at radius 3 is 2.96 bits per heavy atom. The molecule has 0 amide bonds. The zero-order valence-corrected chi connectivity index (χ0v) is 12.9. The van der Waals surface area contributed by atoms with E-state index in [1.165, 1.54) is 12.7 Å². The number of hydrogen-bond acceptors (Lipinski definition) is 9. The van der Waals surface area contributed by atoms with Gasteiger partial charge in [-0.15, -0.1) is 0 Å². The molecule has 10 nitrogen and oxygen atoms in total. The lowest BCUT2D eigenvalue weighted by atomic mass is 10.1. The quantitative estimate of drug-likeness (QED) is 0.630. The minimum Gasteiger partial charge on any atom is -0.387 e. The van der Waals surface area contributed by atoms with Crippen LogP contribution >= 0.6 is 0 Å². The Morgan fingerprint density at radius 1 is 1.29 bits per heavy atom. The highest BCUT2D eigenvalue weighted by Gasteiger charge is 2.44. The van der Waals surface area contributed by atoms with E-state index in [-0.39, 0.29) is 18.5 Å². The van der Waals surface area contributed by atoms with Gasteiger partial charge in [0.1, 0.15) is 30.2 Å². The predicted molar refractivity (Wildman–Crippen MR) is 80.8 cm³/mol. The van der Waals surface area contributed by atoms with E-state index in [0.717, 1.165) is 6.42 Å². The molecule has 130 valence electrons. The van der Waals surface area contributed by atoms with Crippen molar-refractivity contribution in [1.29, 1.82) is 0 Å². The first-order chi connectivity index (χ1) is 11.6. The third kappa shape index (κ3) is 2.62. The van der Waals surface area contributed by atoms with Crippen LogP contribution in [0, 0.1) is 0 Å². The summed E-state index contributed by atoms with van der Waals surface area (Å²) in [6.45, 7) is 1.38. The molecule has 2 aliphatic rings. The number of hydrogen-bond donors (Lipinski definition) is 3. The molecule has 4 heterocycles. The summed E-state index contributed by atoms with van der Waals surface area (Å²) >= 11 is 0. The molecule has 2 aromatic heterocycles. The van der Waals surface area contributed by atoms with Gasteiger partial charge in [-0.1, -0.05) is 0 Å². The summed E-state index contributed by atoms with van der Waals surface area (Å²) in [6, 6.07) is 0. The summed E-state index contributed by atoms with van der Waals surface area (Å²) in [7, 11) is 0. The highest BCUT2D eigenvalue weighted by Crippen LogP contribution is 2.32. The minimum absolute atomic E-state index is 0.00129. The van der Waals surface area contributed by atoms with Crippen LogP contribution in [0.5, 0.6) is 0 Å². The number of nitrogens with zero attached hydrogens (tertiary/aromatic N) is 4. The van der Waals surface area contributed by atoms with E-state index in [4.69, 9.17) is 19.9 Å². The van der Waals surface area contributed by atoms with E-state index in [1.807, 2.05) is 0 Å². The van der Waals surface area contributed by atoms with Gasteiger partial charge in [0.05, 0.1) is 25.6 Å². The number of imidazole rings is 1. The molecular weight excluding hydrogens is 318 g/mol. The molecule has 2 fully saturated rings. The molecule has 10 heteroatoms. The summed E-state index contributed by atoms with van der Waals surface area (Å²) in [5.74, 6) is 0.243. The first-order valence-corrected chi connectivity index (χ1v) is 7.79. The molecular formula is C14H19N5O5. The Labute approximate surface area is 137 Å². The van der Waals surface area contributed by atoms with Gasteiger partial charge in [0.2, 0.25) is 0 Å². The van der Waals surface area contributed by atoms with Crippen LogP contribution in [0.3, 0.4) is 0 Å². The van der Waals surface area contributed by atoms with E-state index < -0.39 is 24.5 Å². The fourth-order valence-electron chi connectivity index (χ4n) is 3.03. The molecule has 0 bridgehead atoms. The molecule has 2 aliphatic heterocycles. The van der Waals surface area contributed by atoms with E-state index in [1.54, 1.807) is 4.57 Å². The second-order valence-electron chi connectivity index (χ2n) is 5.95. The van der Waals surface area contributed by atoms with Gasteiger partial charge in [0.15, 0.2) is 17.7 Å². The summed E-state index contributed by atoms with van der Waals surface area (Å²) in [5.41, 5.74) is 6.62. The Hall–Kier alpha value is -1.85. The summed E-state index contributed by atoms with van der Waals surface area (Å²) in [5, 5.41) is 20.6. The van der Waals surface area contributed by atoms with Crippen LogP contribution in [-0.4, -0.2) is 74.0 Å². The fourth-order valence-corrected chi connectivity index (χ4v) is 3.03. The number of aliphatic hydroxyl groups is 2. The number of rotatable bonds is 4. The standard InChI is InChI=1S/C14H19N5O5/c15-12-9-13(17-5-16-12)19(6-18-9)14-11(21)10(20)8(24-14)4-23-7-1-2-22-3-7/h5-8,10-11,14,20-21H,1-4H2,(H2,15,16,17)/t7-,8-,10-,11-,14-/m1/s1. The maximum absolute atomic E-state index is 10.3. The molecule has 0 unspecified atom stereocenters. The van der Waals surface area contributed by atoms with Gasteiger partial charge in [0, 0.05) is 6.61 Å². The number of aromatic nitrogens is 4. The Morgan fingerprint density at radius 2 is 2.17 bits per heavy atom. The average molecular weight is 337 g/mol. The van der Waals surface area contributed by atoms with Gasteiger partial charge >= 0.3 is 0 Å². The van der Waals surface area contributed by atoms with Crippen molar-refractivity contribution in [3.63, 3.8) is 0 Å². The van der Waals surface area contributed by atoms with Crippen LogP contribution in [0.1, 0.15) is 12.6 Å². The van der Waals surface area contributed by atoms with Crippen molar-refractivity contribution in [3.8, 4) is 0 Å². The zero-order chi connectivity index (χ0) is 16.7. The molecule has 0 aromatic carbocycles. The number of nitrogen functional groups attached to an aromatic ring is 1. The summed E-state index contributed by atoms with van der Waals surface area (Å²) in [4.78, 5) is 12.2. The molecule has 4 rings (SSSR count). The maximum Gasteiger partial charge on any atom is 0.167 e. The van der Waals surface area contributed by atoms with Gasteiger partial charge in [0.25, 0.3) is 0 Å². The normalized spacial score (nSPS) is 33.5. The SMILES string of the molecule is Nc1ncnc2c1ncn2[C@@H]1O[C@H](CO[C@@H]2CCOC2)[C@@H](O)[C@H]1O. The van der Waals surface area contributed by atoms with Gasteiger partial charge in [-0.2, -0.15) is 0 Å². The Kier molecular flexibility index (Phi) is 4.06. The van der Waals surface area contributed by atoms with E-state index in [9.17, 15) is 10.2 Å². The molecule has 24 heavy (non-hydrogen) atoms. The second kappa shape index (κ2) is 6.22. The number of nitrogens with two attached hydrogens (primary N) is 1. The number of fused-ring (bicyclic) bond motifs is 1. The Bertz CT molecular complexity index is 719. The lowest BCUT2D eigenvalue weighted by molar-refractivity contribution is -0.0810. The van der Waals surface area contributed by atoms with Crippen LogP contribution in [0.15, 0.2) is 12.7 Å². The number of aliphatic hydroxyl groups excluding tert-OH is 2. The zero-order valence-electron chi connectivity index (χ0n) is 12.9. The smallest absolute Gasteiger partial charge is 0.167 e. The molecule has 0 radical (unpaired) electrons. The van der Waals surface area contributed by atoms with Crippen molar-refractivity contribution in [2.45, 2.75) is 37.1 Å². The first kappa shape index (κ1) is 15.7. The van der Waals surface area contributed by atoms with Crippen LogP contribution in [0.25, 0.3) is 11.2 Å². The van der Waals surface area contributed by atoms with Crippen molar-refractivity contribution in [2.75, 3.05) is 25.6 Å². The molecule has 4 N–H and O–H groups in total. The van der Waals surface area contributed by atoms with Crippen LogP contribution in [0.4, 0.5) is 5.82 Å². The van der Waals surface area contributed by atoms with Gasteiger partial charge < -0.3 is 30.2 Å². The Balaban J connectivity index is 1.51. The molecule has 5 atom stereocenters. The monoisotopic (exact) mass is 337 g/mol. The van der Waals surface area contributed by atoms with Crippen LogP contribution in [0.2, 0.25) is 0 Å². The third-order valence-corrected chi connectivity index (χ3v) is 4.38. The van der Waals surface area contributed by atoms with Gasteiger partial charge in [-0.25, -0.2) is 15.0 Å². The van der Waals surface area contributed by atoms with Crippen molar-refractivity contribution >= 4 is 17.0 Å². The average Bonchev–Trinajstić information content (AvgIpc) is 3.28. The second-order valence-corrected chi connectivity index (χ2v) is 5.95. The predicted octanol–water partition coefficient (Wildman–Crippen LogP) is -1.17. The molecule has 2 aromatic rings. The van der Waals surface area contributed by atoms with Crippen molar-refractivity contribution in [1.82, 2.24) is 19.5 Å². The minimum atomic E-state index is -1.13. The topological polar surface area (TPSA) is 138 Å². The van der Waals surface area contributed by atoms with Crippen LogP contribution in [-0.2, 0) is 14.2 Å². The van der Waals surface area contributed by atoms with E-state index >= 15 is 0 Å². The first-order valence-electron chi connectivity index (χ1n) is 7.79. The van der Waals surface area contributed by atoms with E-state index in [2.05, 4.69) is 15.0 Å². The number of anilines is 1. The molecule has 0 saturated carbocycles. The highest BCUT2D eigenvalue weighted by atomic mass is 16.6. The third-order valence-electron chi connectivity index (χ3n) is 4.38. The van der Waals surface area contributed by atoms with Gasteiger partial charge in [-0.3, -0.25) is 4.57 Å². The lowest BCUT2D eigenvalue weighted by Gasteiger charge is -2.17. The highest BCUT2D eigenvalue weighted by molar-refractivity contribution is 5.81. The van der Waals surface area contributed by atoms with Crippen LogP contribution < -0.4 is 5.73 Å². The molecule has 0 spiro atoms. The number of ether oxygens (including phenoxy) is 3. The fraction of sp³-hybridized carbons (Fsp3) is 0.643. The van der Waals surface area contributed by atoms with Crippen molar-refractivity contribution < 1.29 is 24.4 Å². The van der Waals surface area contributed by atoms with Crippen molar-refractivity contribution in [3.05, 3.63) is 12.7 Å². The van der Waals surface area contributed by atoms with Crippen molar-refractivity contribution in [2.24, 2.45) is 0 Å². The largest absolute Gasteiger partial charge is 0.387 e. The molecule has 2 saturated heterocycles. The van der Waals surface area contributed by atoms with E-state index in [0.29, 0.717) is 24.4 Å². The summed E-state index contributed by atoms with van der Waals surface area (Å²) < 4.78 is 18.3. The summed E-state index contributed by atoms with van der Waals surface area (Å²) in [6.07, 6.45) is -0.0925. The van der Waals surface area contributed by atoms with Gasteiger partial charge in [-0.05, 0) is 6.42 Å².